The third-order valence-electron chi connectivity index (χ3n) is 4.53. The van der Waals surface area contributed by atoms with Gasteiger partial charge in [-0.05, 0) is 31.2 Å². The highest BCUT2D eigenvalue weighted by molar-refractivity contribution is 5.94. The lowest BCUT2D eigenvalue weighted by Gasteiger charge is -2.50. The fourth-order valence-corrected chi connectivity index (χ4v) is 3.48. The molecule has 2 bridgehead atoms. The average Bonchev–Trinajstić information content (AvgIpc) is 2.53. The maximum absolute atomic E-state index is 13.6. The van der Waals surface area contributed by atoms with Crippen molar-refractivity contribution in [2.45, 2.75) is 25.1 Å². The average molecular weight is 343 g/mol. The minimum atomic E-state index is -1.02. The molecule has 8 heteroatoms. The van der Waals surface area contributed by atoms with E-state index in [1.54, 1.807) is 13.0 Å². The number of nitro groups is 1. The number of benzene rings is 2. The molecular weight excluding hydrogens is 329 g/mol. The molecule has 128 valence electrons. The SMILES string of the molecule is C[C@@]12C[C@H](NC(=O)N1c1cccc(F)c1)c1cc([N+](=O)[O-])ccc1O2. The van der Waals surface area contributed by atoms with Crippen molar-refractivity contribution in [3.63, 3.8) is 0 Å². The molecule has 0 spiro atoms. The number of anilines is 1. The number of nitrogens with zero attached hydrogens (tertiary/aromatic N) is 2. The maximum Gasteiger partial charge on any atom is 0.325 e. The van der Waals surface area contributed by atoms with Crippen LogP contribution in [0.2, 0.25) is 0 Å². The number of amides is 2. The molecular formula is C17H14FN3O4. The largest absolute Gasteiger partial charge is 0.467 e. The fraction of sp³-hybridized carbons (Fsp3) is 0.235. The van der Waals surface area contributed by atoms with Crippen LogP contribution in [-0.2, 0) is 0 Å². The fourth-order valence-electron chi connectivity index (χ4n) is 3.48. The molecule has 7 nitrogen and oxygen atoms in total. The van der Waals surface area contributed by atoms with Crippen LogP contribution in [-0.4, -0.2) is 16.7 Å². The second kappa shape index (κ2) is 5.17. The number of rotatable bonds is 2. The Labute approximate surface area is 142 Å². The Kier molecular flexibility index (Phi) is 3.18. The topological polar surface area (TPSA) is 84.7 Å². The van der Waals surface area contributed by atoms with Crippen LogP contribution in [0.4, 0.5) is 20.6 Å². The van der Waals surface area contributed by atoms with Crippen molar-refractivity contribution >= 4 is 17.4 Å². The van der Waals surface area contributed by atoms with Gasteiger partial charge in [-0.15, -0.1) is 0 Å². The summed E-state index contributed by atoms with van der Waals surface area (Å²) in [7, 11) is 0. The van der Waals surface area contributed by atoms with Crippen LogP contribution in [0.5, 0.6) is 5.75 Å². The Morgan fingerprint density at radius 3 is 2.88 bits per heavy atom. The van der Waals surface area contributed by atoms with Crippen molar-refractivity contribution < 1.29 is 18.8 Å². The van der Waals surface area contributed by atoms with E-state index in [0.29, 0.717) is 23.4 Å². The van der Waals surface area contributed by atoms with Gasteiger partial charge in [0.1, 0.15) is 11.6 Å². The Hall–Kier alpha value is -3.16. The van der Waals surface area contributed by atoms with E-state index in [9.17, 15) is 19.3 Å². The summed E-state index contributed by atoms with van der Waals surface area (Å²) in [6.45, 7) is 1.74. The molecule has 2 aromatic rings. The zero-order valence-electron chi connectivity index (χ0n) is 13.2. The summed E-state index contributed by atoms with van der Waals surface area (Å²) in [5.41, 5.74) is -0.139. The van der Waals surface area contributed by atoms with Crippen LogP contribution in [0, 0.1) is 15.9 Å². The van der Waals surface area contributed by atoms with E-state index in [4.69, 9.17) is 4.74 Å². The number of halogens is 1. The number of ether oxygens (including phenoxy) is 1. The first-order chi connectivity index (χ1) is 11.9. The van der Waals surface area contributed by atoms with Gasteiger partial charge in [0.15, 0.2) is 5.72 Å². The number of hydrogen-bond donors (Lipinski definition) is 1. The predicted octanol–water partition coefficient (Wildman–Crippen LogP) is 3.50. The highest BCUT2D eigenvalue weighted by Gasteiger charge is 2.50. The van der Waals surface area contributed by atoms with Crippen molar-refractivity contribution in [2.75, 3.05) is 4.90 Å². The van der Waals surface area contributed by atoms with Crippen molar-refractivity contribution in [3.8, 4) is 5.75 Å². The van der Waals surface area contributed by atoms with E-state index in [1.165, 1.54) is 41.3 Å². The van der Waals surface area contributed by atoms with Gasteiger partial charge in [0.2, 0.25) is 0 Å². The Morgan fingerprint density at radius 1 is 1.36 bits per heavy atom. The van der Waals surface area contributed by atoms with E-state index in [1.807, 2.05) is 0 Å². The van der Waals surface area contributed by atoms with Gasteiger partial charge in [-0.3, -0.25) is 15.0 Å². The van der Waals surface area contributed by atoms with Crippen LogP contribution < -0.4 is 15.0 Å². The van der Waals surface area contributed by atoms with Crippen LogP contribution in [0.25, 0.3) is 0 Å². The number of carbonyl (C=O) groups is 1. The second-order valence-corrected chi connectivity index (χ2v) is 6.28. The van der Waals surface area contributed by atoms with E-state index in [0.717, 1.165) is 0 Å². The van der Waals surface area contributed by atoms with E-state index in [-0.39, 0.29) is 5.69 Å². The van der Waals surface area contributed by atoms with Crippen LogP contribution in [0.3, 0.4) is 0 Å². The molecule has 2 aliphatic rings. The van der Waals surface area contributed by atoms with Crippen molar-refractivity contribution in [2.24, 2.45) is 0 Å². The third-order valence-corrected chi connectivity index (χ3v) is 4.53. The van der Waals surface area contributed by atoms with Crippen LogP contribution >= 0.6 is 0 Å². The third kappa shape index (κ3) is 2.37. The standard InChI is InChI=1S/C17H14FN3O4/c1-17-9-14(13-8-12(21(23)24)5-6-15(13)25-17)19-16(22)20(17)11-4-2-3-10(18)7-11/h2-8,14H,9H2,1H3,(H,19,22)/t14-,17+/m0/s1. The minimum Gasteiger partial charge on any atom is -0.467 e. The highest BCUT2D eigenvalue weighted by Crippen LogP contribution is 2.46. The van der Waals surface area contributed by atoms with E-state index >= 15 is 0 Å². The molecule has 2 aliphatic heterocycles. The highest BCUT2D eigenvalue weighted by atomic mass is 19.1. The van der Waals surface area contributed by atoms with Gasteiger partial charge in [-0.25, -0.2) is 9.18 Å². The molecule has 2 aromatic carbocycles. The number of carbonyl (C=O) groups excluding carboxylic acids is 1. The zero-order valence-corrected chi connectivity index (χ0v) is 13.2. The van der Waals surface area contributed by atoms with Crippen molar-refractivity contribution in [1.82, 2.24) is 5.32 Å². The van der Waals surface area contributed by atoms with Crippen molar-refractivity contribution in [3.05, 3.63) is 64.0 Å². The summed E-state index contributed by atoms with van der Waals surface area (Å²) < 4.78 is 19.6. The number of non-ortho nitro benzene ring substituents is 1. The summed E-state index contributed by atoms with van der Waals surface area (Å²) in [6.07, 6.45) is 0.378. The van der Waals surface area contributed by atoms with Gasteiger partial charge in [0.05, 0.1) is 16.7 Å². The molecule has 2 heterocycles. The molecule has 2 atom stereocenters. The maximum atomic E-state index is 13.6. The molecule has 0 unspecified atom stereocenters. The summed E-state index contributed by atoms with van der Waals surface area (Å²) in [6, 6.07) is 9.16. The van der Waals surface area contributed by atoms with E-state index < -0.39 is 28.5 Å². The van der Waals surface area contributed by atoms with Crippen LogP contribution in [0.1, 0.15) is 24.9 Å². The van der Waals surface area contributed by atoms with Gasteiger partial charge in [0.25, 0.3) is 5.69 Å². The lowest BCUT2D eigenvalue weighted by molar-refractivity contribution is -0.385. The van der Waals surface area contributed by atoms with Gasteiger partial charge in [0, 0.05) is 24.1 Å². The molecule has 1 fully saturated rings. The molecule has 2 amide bonds. The van der Waals surface area contributed by atoms with E-state index in [2.05, 4.69) is 5.32 Å². The number of hydrogen-bond acceptors (Lipinski definition) is 4. The molecule has 1 N–H and O–H groups in total. The summed E-state index contributed by atoms with van der Waals surface area (Å²) in [4.78, 5) is 24.5. The minimum absolute atomic E-state index is 0.0623. The first-order valence-electron chi connectivity index (χ1n) is 7.71. The second-order valence-electron chi connectivity index (χ2n) is 6.28. The predicted molar refractivity (Wildman–Crippen MR) is 86.9 cm³/mol. The van der Waals surface area contributed by atoms with Crippen molar-refractivity contribution in [1.29, 1.82) is 0 Å². The van der Waals surface area contributed by atoms with Gasteiger partial charge in [-0.1, -0.05) is 6.07 Å². The monoisotopic (exact) mass is 343 g/mol. The Morgan fingerprint density at radius 2 is 2.16 bits per heavy atom. The Bertz CT molecular complexity index is 903. The lowest BCUT2D eigenvalue weighted by Crippen LogP contribution is -2.65. The molecule has 0 radical (unpaired) electrons. The molecule has 0 saturated carbocycles. The smallest absolute Gasteiger partial charge is 0.325 e. The number of nitrogens with one attached hydrogen (secondary N) is 1. The van der Waals surface area contributed by atoms with Gasteiger partial charge in [-0.2, -0.15) is 0 Å². The normalized spacial score (nSPS) is 24.2. The molecule has 0 aromatic heterocycles. The summed E-state index contributed by atoms with van der Waals surface area (Å²) in [5, 5.41) is 13.8. The molecule has 4 rings (SSSR count). The lowest BCUT2D eigenvalue weighted by atomic mass is 9.90. The van der Waals surface area contributed by atoms with Crippen LogP contribution in [0.15, 0.2) is 42.5 Å². The molecule has 1 saturated heterocycles. The summed E-state index contributed by atoms with van der Waals surface area (Å²) >= 11 is 0. The Balaban J connectivity index is 1.79. The van der Waals surface area contributed by atoms with Gasteiger partial charge >= 0.3 is 6.03 Å². The van der Waals surface area contributed by atoms with Gasteiger partial charge < -0.3 is 10.1 Å². The quantitative estimate of drug-likeness (QED) is 0.668. The first kappa shape index (κ1) is 15.4. The molecule has 0 aliphatic carbocycles. The number of fused-ring (bicyclic) bond motifs is 4. The summed E-state index contributed by atoms with van der Waals surface area (Å²) in [5.74, 6) is 0.00797. The first-order valence-corrected chi connectivity index (χ1v) is 7.71. The molecule has 25 heavy (non-hydrogen) atoms. The zero-order chi connectivity index (χ0) is 17.8. The number of nitro benzene ring substituents is 1. The number of urea groups is 1.